The van der Waals surface area contributed by atoms with Gasteiger partial charge in [0.2, 0.25) is 0 Å². The van der Waals surface area contributed by atoms with E-state index in [0.29, 0.717) is 11.1 Å². The number of nitrogens with two attached hydrogens (primary N) is 1. The number of primary amides is 1. The van der Waals surface area contributed by atoms with Crippen molar-refractivity contribution in [3.8, 4) is 17.2 Å². The zero-order chi connectivity index (χ0) is 21.2. The molecule has 0 spiro atoms. The van der Waals surface area contributed by atoms with Gasteiger partial charge in [-0.15, -0.1) is 0 Å². The first-order chi connectivity index (χ1) is 13.7. The number of nitrogens with zero attached hydrogens (tertiary/aromatic N) is 1. The minimum Gasteiger partial charge on any atom is -0.507 e. The number of Topliss-reactive ketones (excluding diaryl/α,β-unsaturated/α-hetero) is 1. The lowest BCUT2D eigenvalue weighted by Gasteiger charge is -2.36. The number of allylic oxidation sites excluding steroid dienone is 1. The van der Waals surface area contributed by atoms with E-state index in [0.717, 1.165) is 6.07 Å². The van der Waals surface area contributed by atoms with Crippen molar-refractivity contribution < 1.29 is 30.0 Å². The van der Waals surface area contributed by atoms with E-state index in [1.54, 1.807) is 6.92 Å². The van der Waals surface area contributed by atoms with E-state index in [1.807, 2.05) is 0 Å². The van der Waals surface area contributed by atoms with Crippen molar-refractivity contribution in [3.05, 3.63) is 51.6 Å². The molecule has 4 rings (SSSR count). The summed E-state index contributed by atoms with van der Waals surface area (Å²) in [6.07, 6.45) is -0.0641. The molecule has 2 unspecified atom stereocenters. The smallest absolute Gasteiger partial charge is 0.256 e. The number of phenols is 3. The van der Waals surface area contributed by atoms with Gasteiger partial charge in [0.25, 0.3) is 5.91 Å². The Balaban J connectivity index is 2.03. The molecule has 2 atom stereocenters. The van der Waals surface area contributed by atoms with Crippen molar-refractivity contribution in [1.29, 1.82) is 5.53 Å². The molecule has 2 aromatic rings. The molecule has 0 aromatic heterocycles. The lowest BCUT2D eigenvalue weighted by Crippen LogP contribution is -2.33. The summed E-state index contributed by atoms with van der Waals surface area (Å²) in [5.74, 6) is -4.79. The number of benzene rings is 2. The molecule has 0 heterocycles. The molecule has 2 aromatic carbocycles. The van der Waals surface area contributed by atoms with Gasteiger partial charge in [0.15, 0.2) is 5.78 Å². The van der Waals surface area contributed by atoms with Crippen LogP contribution in [0.25, 0.3) is 5.76 Å². The largest absolute Gasteiger partial charge is 0.507 e. The summed E-state index contributed by atoms with van der Waals surface area (Å²) in [4.78, 5) is 24.8. The molecule has 0 aliphatic heterocycles. The van der Waals surface area contributed by atoms with Crippen molar-refractivity contribution in [2.24, 2.45) is 16.8 Å². The van der Waals surface area contributed by atoms with Gasteiger partial charge < -0.3 is 26.2 Å². The number of hydrogen-bond acceptors (Lipinski definition) is 8. The maximum atomic E-state index is 13.2. The fourth-order valence-electron chi connectivity index (χ4n) is 4.45. The normalized spacial score (nSPS) is 20.0. The average molecular weight is 395 g/mol. The number of fused-ring (bicyclic) bond motifs is 3. The van der Waals surface area contributed by atoms with Gasteiger partial charge in [-0.1, -0.05) is 6.92 Å². The van der Waals surface area contributed by atoms with Gasteiger partial charge in [0, 0.05) is 22.6 Å². The molecule has 29 heavy (non-hydrogen) atoms. The van der Waals surface area contributed by atoms with Crippen molar-refractivity contribution >= 4 is 23.1 Å². The second-order valence-corrected chi connectivity index (χ2v) is 7.16. The summed E-state index contributed by atoms with van der Waals surface area (Å²) >= 11 is 0. The van der Waals surface area contributed by atoms with Crippen LogP contribution in [-0.4, -0.2) is 32.1 Å². The van der Waals surface area contributed by atoms with E-state index < -0.39 is 40.6 Å². The minimum absolute atomic E-state index is 0.0180. The van der Waals surface area contributed by atoms with Crippen LogP contribution in [0, 0.1) is 11.4 Å². The van der Waals surface area contributed by atoms with Crippen LogP contribution in [0.4, 0.5) is 5.69 Å². The monoisotopic (exact) mass is 395 g/mol. The van der Waals surface area contributed by atoms with Crippen LogP contribution < -0.4 is 5.73 Å². The van der Waals surface area contributed by atoms with E-state index >= 15 is 0 Å². The van der Waals surface area contributed by atoms with Crippen molar-refractivity contribution in [1.82, 2.24) is 0 Å². The Labute approximate surface area is 164 Å². The molecule has 0 radical (unpaired) electrons. The molecule has 0 fully saturated rings. The zero-order valence-corrected chi connectivity index (χ0v) is 15.2. The summed E-state index contributed by atoms with van der Waals surface area (Å²) in [5, 5.41) is 45.2. The molecular formula is C20H17N3O6. The SMILES string of the molecule is CC1C2=C(O)c3cc(O)c(C(N)=O)c(O)c3CC2C(=O)c2c(O)ccc(N=N)c21. The molecule has 9 nitrogen and oxygen atoms in total. The number of carbonyl (C=O) groups excluding carboxylic acids is 2. The molecule has 148 valence electrons. The topological polar surface area (TPSA) is 177 Å². The quantitative estimate of drug-likeness (QED) is 0.426. The number of amides is 1. The number of rotatable bonds is 2. The van der Waals surface area contributed by atoms with E-state index in [1.165, 1.54) is 12.1 Å². The van der Waals surface area contributed by atoms with Gasteiger partial charge >= 0.3 is 0 Å². The summed E-state index contributed by atoms with van der Waals surface area (Å²) in [6, 6.07) is 3.82. The highest BCUT2D eigenvalue weighted by Gasteiger charge is 2.44. The van der Waals surface area contributed by atoms with E-state index in [9.17, 15) is 30.0 Å². The Bertz CT molecular complexity index is 1170. The number of ketones is 1. The standard InChI is InChI=1S/C20H17N3O6/c1-6-13-9(19(28)15-11(24)3-2-10(23-22)14(6)15)4-7-8(17(13)26)5-12(25)16(18(7)27)20(21)29/h2-3,5-6,9,22,24-27H,4H2,1H3,(H2,21,29). The lowest BCUT2D eigenvalue weighted by molar-refractivity contribution is 0.0921. The summed E-state index contributed by atoms with van der Waals surface area (Å²) in [5.41, 5.74) is 13.2. The minimum atomic E-state index is -1.05. The van der Waals surface area contributed by atoms with Crippen molar-refractivity contribution in [3.63, 3.8) is 0 Å². The summed E-state index contributed by atoms with van der Waals surface area (Å²) < 4.78 is 0. The van der Waals surface area contributed by atoms with Crippen LogP contribution in [0.1, 0.15) is 50.2 Å². The maximum Gasteiger partial charge on any atom is 0.256 e. The number of aliphatic hydroxyl groups excluding tert-OH is 1. The maximum absolute atomic E-state index is 13.2. The van der Waals surface area contributed by atoms with Gasteiger partial charge in [-0.05, 0) is 30.2 Å². The molecule has 2 aliphatic carbocycles. The number of nitrogens with one attached hydrogen (secondary N) is 1. The molecule has 7 N–H and O–H groups in total. The number of aliphatic hydroxyl groups is 1. The molecule has 0 bridgehead atoms. The molecule has 1 amide bonds. The number of aromatic hydroxyl groups is 3. The highest BCUT2D eigenvalue weighted by molar-refractivity contribution is 6.08. The third kappa shape index (κ3) is 2.33. The van der Waals surface area contributed by atoms with Crippen LogP contribution >= 0.6 is 0 Å². The van der Waals surface area contributed by atoms with Crippen LogP contribution in [-0.2, 0) is 6.42 Å². The van der Waals surface area contributed by atoms with E-state index in [4.69, 9.17) is 11.3 Å². The summed E-state index contributed by atoms with van der Waals surface area (Å²) in [6.45, 7) is 1.71. The first-order valence-electron chi connectivity index (χ1n) is 8.77. The summed E-state index contributed by atoms with van der Waals surface area (Å²) in [7, 11) is 0. The predicted molar refractivity (Wildman–Crippen MR) is 101 cm³/mol. The van der Waals surface area contributed by atoms with Gasteiger partial charge in [0.1, 0.15) is 28.6 Å². The second-order valence-electron chi connectivity index (χ2n) is 7.16. The van der Waals surface area contributed by atoms with Gasteiger partial charge in [-0.3, -0.25) is 9.59 Å². The Morgan fingerprint density at radius 1 is 1.21 bits per heavy atom. The third-order valence-electron chi connectivity index (χ3n) is 5.73. The number of carbonyl (C=O) groups is 2. The third-order valence-corrected chi connectivity index (χ3v) is 5.73. The van der Waals surface area contributed by atoms with Crippen LogP contribution in [0.3, 0.4) is 0 Å². The highest BCUT2D eigenvalue weighted by Crippen LogP contribution is 2.53. The van der Waals surface area contributed by atoms with Crippen LogP contribution in [0.15, 0.2) is 28.9 Å². The molecule has 9 heteroatoms. The van der Waals surface area contributed by atoms with E-state index in [-0.39, 0.29) is 40.3 Å². The first-order valence-corrected chi connectivity index (χ1v) is 8.77. The average Bonchev–Trinajstić information content (AvgIpc) is 2.66. The van der Waals surface area contributed by atoms with Crippen molar-refractivity contribution in [2.45, 2.75) is 19.3 Å². The highest BCUT2D eigenvalue weighted by atomic mass is 16.3. The van der Waals surface area contributed by atoms with Gasteiger partial charge in [0.05, 0.1) is 17.2 Å². The van der Waals surface area contributed by atoms with Gasteiger partial charge in [-0.2, -0.15) is 5.11 Å². The van der Waals surface area contributed by atoms with Crippen molar-refractivity contribution in [2.75, 3.05) is 0 Å². The molecule has 2 aliphatic rings. The zero-order valence-electron chi connectivity index (χ0n) is 15.2. The molecule has 0 saturated carbocycles. The molecule has 0 saturated heterocycles. The Kier molecular flexibility index (Phi) is 3.86. The van der Waals surface area contributed by atoms with E-state index in [2.05, 4.69) is 5.11 Å². The lowest BCUT2D eigenvalue weighted by atomic mass is 9.66. The first kappa shape index (κ1) is 18.5. The van der Waals surface area contributed by atoms with Crippen LogP contribution in [0.5, 0.6) is 17.2 Å². The van der Waals surface area contributed by atoms with Crippen LogP contribution in [0.2, 0.25) is 0 Å². The predicted octanol–water partition coefficient (Wildman–Crippen LogP) is 3.01. The number of hydrogen-bond donors (Lipinski definition) is 6. The van der Waals surface area contributed by atoms with Gasteiger partial charge in [-0.25, -0.2) is 5.53 Å². The Hall–Kier alpha value is -3.88. The molecular weight excluding hydrogens is 378 g/mol. The fourth-order valence-corrected chi connectivity index (χ4v) is 4.45. The second kappa shape index (κ2) is 6.06. The fraction of sp³-hybridized carbons (Fsp3) is 0.200. The number of phenolic OH excluding ortho intramolecular Hbond substituents is 1. The Morgan fingerprint density at radius 2 is 1.90 bits per heavy atom. The Morgan fingerprint density at radius 3 is 2.52 bits per heavy atom.